The minimum absolute atomic E-state index is 0.0609. The van der Waals surface area contributed by atoms with E-state index in [4.69, 9.17) is 0 Å². The summed E-state index contributed by atoms with van der Waals surface area (Å²) in [6, 6.07) is 12.0. The highest BCUT2D eigenvalue weighted by Crippen LogP contribution is 2.30. The zero-order valence-electron chi connectivity index (χ0n) is 17.8. The Morgan fingerprint density at radius 3 is 2.43 bits per heavy atom. The molecule has 1 unspecified atom stereocenters. The molecule has 2 saturated heterocycles. The summed E-state index contributed by atoms with van der Waals surface area (Å²) in [5, 5.41) is 2.99. The first-order valence-electron chi connectivity index (χ1n) is 10.8. The van der Waals surface area contributed by atoms with Crippen LogP contribution < -0.4 is 5.32 Å². The largest absolute Gasteiger partial charge is 0.342 e. The molecule has 2 aliphatic rings. The van der Waals surface area contributed by atoms with Crippen LogP contribution in [-0.4, -0.2) is 52.9 Å². The van der Waals surface area contributed by atoms with E-state index in [0.717, 1.165) is 38.3 Å². The van der Waals surface area contributed by atoms with Crippen LogP contribution in [0, 0.1) is 5.92 Å². The molecule has 0 bridgehead atoms. The Hall–Kier alpha value is -2.89. The van der Waals surface area contributed by atoms with E-state index in [0.29, 0.717) is 24.2 Å². The van der Waals surface area contributed by atoms with Gasteiger partial charge in [-0.1, -0.05) is 32.0 Å². The number of rotatable bonds is 5. The van der Waals surface area contributed by atoms with E-state index in [1.54, 1.807) is 6.20 Å². The fraction of sp³-hybridized carbons (Fsp3) is 0.458. The van der Waals surface area contributed by atoms with Crippen molar-refractivity contribution >= 4 is 17.6 Å². The maximum absolute atomic E-state index is 12.5. The summed E-state index contributed by atoms with van der Waals surface area (Å²) < 4.78 is 0. The lowest BCUT2D eigenvalue weighted by molar-refractivity contribution is -0.130. The third-order valence-electron chi connectivity index (χ3n) is 6.08. The van der Waals surface area contributed by atoms with Crippen LogP contribution in [0.3, 0.4) is 0 Å². The lowest BCUT2D eigenvalue weighted by atomic mass is 9.93. The molecule has 1 N–H and O–H groups in total. The number of amides is 3. The van der Waals surface area contributed by atoms with Gasteiger partial charge in [0.25, 0.3) is 0 Å². The maximum Gasteiger partial charge on any atom is 0.321 e. The standard InChI is InChI=1S/C24H30N4O2/c1-17(2)12-23(29)27-11-9-20(14-27)18-5-7-22(8-6-18)26-24(30)28-15-21(16-28)19-4-3-10-25-13-19/h3-8,10,13,17,20-21H,9,11-12,14-16H2,1-2H3,(H,26,30). The van der Waals surface area contributed by atoms with E-state index >= 15 is 0 Å². The van der Waals surface area contributed by atoms with Crippen molar-refractivity contribution in [3.05, 3.63) is 59.9 Å². The summed E-state index contributed by atoms with van der Waals surface area (Å²) in [6.45, 7) is 7.23. The van der Waals surface area contributed by atoms with E-state index in [-0.39, 0.29) is 11.9 Å². The van der Waals surface area contributed by atoms with Crippen molar-refractivity contribution in [3.8, 4) is 0 Å². The van der Waals surface area contributed by atoms with E-state index in [1.807, 2.05) is 34.2 Å². The first kappa shape index (κ1) is 20.4. The Labute approximate surface area is 178 Å². The van der Waals surface area contributed by atoms with Gasteiger partial charge in [0.2, 0.25) is 5.91 Å². The second-order valence-corrected chi connectivity index (χ2v) is 8.86. The van der Waals surface area contributed by atoms with Crippen LogP contribution in [0.15, 0.2) is 48.8 Å². The third kappa shape index (κ3) is 4.64. The highest BCUT2D eigenvalue weighted by molar-refractivity contribution is 5.90. The maximum atomic E-state index is 12.5. The molecule has 6 nitrogen and oxygen atoms in total. The Bertz CT molecular complexity index is 876. The number of carbonyl (C=O) groups is 2. The van der Waals surface area contributed by atoms with Crippen molar-refractivity contribution in [3.63, 3.8) is 0 Å². The molecule has 2 aromatic rings. The Morgan fingerprint density at radius 2 is 1.77 bits per heavy atom. The molecule has 2 aliphatic heterocycles. The van der Waals surface area contributed by atoms with E-state index in [1.165, 1.54) is 11.1 Å². The van der Waals surface area contributed by atoms with Crippen molar-refractivity contribution < 1.29 is 9.59 Å². The molecule has 3 amide bonds. The lowest BCUT2D eigenvalue weighted by Crippen LogP contribution is -2.50. The van der Waals surface area contributed by atoms with Gasteiger partial charge in [0.05, 0.1) is 0 Å². The molecule has 0 radical (unpaired) electrons. The van der Waals surface area contributed by atoms with Crippen LogP contribution in [0.1, 0.15) is 49.7 Å². The normalized spacial score (nSPS) is 19.1. The number of pyridine rings is 1. The molecule has 6 heteroatoms. The molecular weight excluding hydrogens is 376 g/mol. The molecule has 1 aromatic heterocycles. The Kier molecular flexibility index (Phi) is 6.02. The summed E-state index contributed by atoms with van der Waals surface area (Å²) >= 11 is 0. The van der Waals surface area contributed by atoms with E-state index in [2.05, 4.69) is 42.3 Å². The second-order valence-electron chi connectivity index (χ2n) is 8.86. The van der Waals surface area contributed by atoms with Crippen molar-refractivity contribution in [2.24, 2.45) is 5.92 Å². The molecule has 1 atom stereocenters. The monoisotopic (exact) mass is 406 g/mol. The van der Waals surface area contributed by atoms with Gasteiger partial charge in [-0.3, -0.25) is 9.78 Å². The highest BCUT2D eigenvalue weighted by Gasteiger charge is 2.32. The van der Waals surface area contributed by atoms with Gasteiger partial charge in [0, 0.05) is 62.5 Å². The molecule has 0 saturated carbocycles. The summed E-state index contributed by atoms with van der Waals surface area (Å²) in [5.74, 6) is 1.40. The van der Waals surface area contributed by atoms with Gasteiger partial charge in [-0.2, -0.15) is 0 Å². The van der Waals surface area contributed by atoms with Crippen LogP contribution in [0.4, 0.5) is 10.5 Å². The molecule has 0 spiro atoms. The number of aromatic nitrogens is 1. The molecule has 4 rings (SSSR count). The van der Waals surface area contributed by atoms with Gasteiger partial charge in [-0.25, -0.2) is 4.79 Å². The van der Waals surface area contributed by atoms with E-state index in [9.17, 15) is 9.59 Å². The number of urea groups is 1. The molecule has 0 aliphatic carbocycles. The van der Waals surface area contributed by atoms with Crippen LogP contribution in [0.25, 0.3) is 0 Å². The summed E-state index contributed by atoms with van der Waals surface area (Å²) in [5.41, 5.74) is 3.22. The zero-order chi connectivity index (χ0) is 21.1. The lowest BCUT2D eigenvalue weighted by Gasteiger charge is -2.39. The Morgan fingerprint density at radius 1 is 1.03 bits per heavy atom. The van der Waals surface area contributed by atoms with Gasteiger partial charge < -0.3 is 15.1 Å². The van der Waals surface area contributed by atoms with Gasteiger partial charge in [-0.05, 0) is 41.7 Å². The average Bonchev–Trinajstić information content (AvgIpc) is 3.18. The first-order valence-corrected chi connectivity index (χ1v) is 10.8. The quantitative estimate of drug-likeness (QED) is 0.814. The van der Waals surface area contributed by atoms with Crippen molar-refractivity contribution in [2.45, 2.75) is 38.5 Å². The van der Waals surface area contributed by atoms with Crippen LogP contribution in [0.5, 0.6) is 0 Å². The molecule has 2 fully saturated rings. The number of nitrogens with zero attached hydrogens (tertiary/aromatic N) is 3. The fourth-order valence-corrected chi connectivity index (χ4v) is 4.25. The predicted octanol–water partition coefficient (Wildman–Crippen LogP) is 4.07. The molecule has 158 valence electrons. The topological polar surface area (TPSA) is 65.5 Å². The number of carbonyl (C=O) groups excluding carboxylic acids is 2. The van der Waals surface area contributed by atoms with Gasteiger partial charge in [-0.15, -0.1) is 0 Å². The summed E-state index contributed by atoms with van der Waals surface area (Å²) in [6.07, 6.45) is 5.26. The van der Waals surface area contributed by atoms with Crippen molar-refractivity contribution in [1.82, 2.24) is 14.8 Å². The van der Waals surface area contributed by atoms with Crippen LogP contribution >= 0.6 is 0 Å². The van der Waals surface area contributed by atoms with Crippen molar-refractivity contribution in [1.29, 1.82) is 0 Å². The molecule has 30 heavy (non-hydrogen) atoms. The number of benzene rings is 1. The summed E-state index contributed by atoms with van der Waals surface area (Å²) in [4.78, 5) is 32.7. The Balaban J connectivity index is 1.26. The number of nitrogens with one attached hydrogen (secondary N) is 1. The number of anilines is 1. The summed E-state index contributed by atoms with van der Waals surface area (Å²) in [7, 11) is 0. The van der Waals surface area contributed by atoms with Gasteiger partial charge in [0.15, 0.2) is 0 Å². The van der Waals surface area contributed by atoms with E-state index < -0.39 is 0 Å². The fourth-order valence-electron chi connectivity index (χ4n) is 4.25. The smallest absolute Gasteiger partial charge is 0.321 e. The van der Waals surface area contributed by atoms with Gasteiger partial charge in [0.1, 0.15) is 0 Å². The SMILES string of the molecule is CC(C)CC(=O)N1CCC(c2ccc(NC(=O)N3CC(c4cccnc4)C3)cc2)C1. The van der Waals surface area contributed by atoms with Gasteiger partial charge >= 0.3 is 6.03 Å². The third-order valence-corrected chi connectivity index (χ3v) is 6.08. The number of hydrogen-bond acceptors (Lipinski definition) is 3. The molecular formula is C24H30N4O2. The zero-order valence-corrected chi connectivity index (χ0v) is 17.8. The number of hydrogen-bond donors (Lipinski definition) is 1. The first-order chi connectivity index (χ1) is 14.5. The van der Waals surface area contributed by atoms with Crippen LogP contribution in [0.2, 0.25) is 0 Å². The van der Waals surface area contributed by atoms with Crippen LogP contribution in [-0.2, 0) is 4.79 Å². The second kappa shape index (κ2) is 8.86. The molecule has 1 aromatic carbocycles. The average molecular weight is 407 g/mol. The van der Waals surface area contributed by atoms with Crippen molar-refractivity contribution in [2.75, 3.05) is 31.5 Å². The molecule has 3 heterocycles. The minimum Gasteiger partial charge on any atom is -0.342 e. The predicted molar refractivity (Wildman–Crippen MR) is 117 cm³/mol. The minimum atomic E-state index is -0.0609. The number of likely N-dealkylation sites (tertiary alicyclic amines) is 2. The highest BCUT2D eigenvalue weighted by atomic mass is 16.2.